The zero-order chi connectivity index (χ0) is 14.9. The fraction of sp³-hybridized carbons (Fsp3) is 0.143. The van der Waals surface area contributed by atoms with E-state index in [0.717, 1.165) is 4.47 Å². The Morgan fingerprint density at radius 1 is 0.591 bits per heavy atom. The van der Waals surface area contributed by atoms with Crippen molar-refractivity contribution in [3.8, 4) is 22.3 Å². The van der Waals surface area contributed by atoms with Gasteiger partial charge in [0.15, 0.2) is 0 Å². The van der Waals surface area contributed by atoms with Gasteiger partial charge >= 0.3 is 0 Å². The molecule has 0 aromatic heterocycles. The van der Waals surface area contributed by atoms with Crippen molar-refractivity contribution in [3.05, 3.63) is 82.3 Å². The minimum atomic E-state index is 1.12. The summed E-state index contributed by atoms with van der Waals surface area (Å²) in [5.74, 6) is 0. The molecule has 0 saturated heterocycles. The van der Waals surface area contributed by atoms with Gasteiger partial charge in [0.2, 0.25) is 0 Å². The van der Waals surface area contributed by atoms with E-state index in [1.807, 2.05) is 0 Å². The Bertz CT molecular complexity index is 816. The van der Waals surface area contributed by atoms with Gasteiger partial charge in [0.1, 0.15) is 0 Å². The van der Waals surface area contributed by atoms with Gasteiger partial charge in [-0.1, -0.05) is 70.5 Å². The summed E-state index contributed by atoms with van der Waals surface area (Å²) in [6.45, 7) is 0. The number of hydrogen-bond acceptors (Lipinski definition) is 0. The zero-order valence-electron chi connectivity index (χ0n) is 12.4. The predicted octanol–water partition coefficient (Wildman–Crippen LogP) is 6.27. The molecule has 22 heavy (non-hydrogen) atoms. The van der Waals surface area contributed by atoms with E-state index in [-0.39, 0.29) is 0 Å². The second-order valence-corrected chi connectivity index (χ2v) is 6.84. The SMILES string of the molecule is Brc1cccc(-c2ccc(-c3ccc4c(c3)CCC4)cc2)c1. The Kier molecular flexibility index (Phi) is 3.59. The van der Waals surface area contributed by atoms with Crippen LogP contribution >= 0.6 is 15.9 Å². The molecule has 0 nitrogen and oxygen atoms in total. The molecule has 108 valence electrons. The van der Waals surface area contributed by atoms with Crippen molar-refractivity contribution in [2.45, 2.75) is 19.3 Å². The standard InChI is InChI=1S/C21H17Br/c22-21-6-2-5-19(14-21)16-7-9-17(10-8-16)20-12-11-15-3-1-4-18(15)13-20/h2,5-14H,1,3-4H2. The molecule has 0 radical (unpaired) electrons. The summed E-state index contributed by atoms with van der Waals surface area (Å²) in [6.07, 6.45) is 3.79. The average molecular weight is 349 g/mol. The number of aryl methyl sites for hydroxylation is 2. The summed E-state index contributed by atoms with van der Waals surface area (Å²) < 4.78 is 1.12. The lowest BCUT2D eigenvalue weighted by Gasteiger charge is -2.07. The lowest BCUT2D eigenvalue weighted by Crippen LogP contribution is -1.85. The topological polar surface area (TPSA) is 0 Å². The third-order valence-corrected chi connectivity index (χ3v) is 4.97. The minimum absolute atomic E-state index is 1.12. The maximum absolute atomic E-state index is 3.54. The molecule has 0 atom stereocenters. The van der Waals surface area contributed by atoms with Crippen LogP contribution in [0.3, 0.4) is 0 Å². The lowest BCUT2D eigenvalue weighted by atomic mass is 9.98. The maximum atomic E-state index is 3.54. The first kappa shape index (κ1) is 13.8. The monoisotopic (exact) mass is 348 g/mol. The molecule has 0 amide bonds. The van der Waals surface area contributed by atoms with Crippen LogP contribution in [0.5, 0.6) is 0 Å². The zero-order valence-corrected chi connectivity index (χ0v) is 13.9. The predicted molar refractivity (Wildman–Crippen MR) is 97.0 cm³/mol. The van der Waals surface area contributed by atoms with Crippen molar-refractivity contribution in [2.75, 3.05) is 0 Å². The van der Waals surface area contributed by atoms with Crippen LogP contribution in [0.25, 0.3) is 22.3 Å². The van der Waals surface area contributed by atoms with Crippen LogP contribution in [-0.4, -0.2) is 0 Å². The third-order valence-electron chi connectivity index (χ3n) is 4.47. The molecule has 1 heteroatoms. The second-order valence-electron chi connectivity index (χ2n) is 5.92. The Labute approximate surface area is 140 Å². The minimum Gasteiger partial charge on any atom is -0.0605 e. The van der Waals surface area contributed by atoms with Gasteiger partial charge in [0.25, 0.3) is 0 Å². The van der Waals surface area contributed by atoms with E-state index in [2.05, 4.69) is 82.7 Å². The smallest absolute Gasteiger partial charge is 0.0181 e. The molecule has 0 bridgehead atoms. The van der Waals surface area contributed by atoms with Gasteiger partial charge in [-0.05, 0) is 64.8 Å². The summed E-state index contributed by atoms with van der Waals surface area (Å²) in [7, 11) is 0. The Morgan fingerprint density at radius 2 is 1.23 bits per heavy atom. The van der Waals surface area contributed by atoms with Gasteiger partial charge < -0.3 is 0 Å². The highest BCUT2D eigenvalue weighted by molar-refractivity contribution is 9.10. The van der Waals surface area contributed by atoms with Crippen molar-refractivity contribution in [1.29, 1.82) is 0 Å². The van der Waals surface area contributed by atoms with Crippen molar-refractivity contribution >= 4 is 15.9 Å². The molecule has 0 unspecified atom stereocenters. The van der Waals surface area contributed by atoms with Crippen LogP contribution in [0.4, 0.5) is 0 Å². The van der Waals surface area contributed by atoms with Crippen molar-refractivity contribution in [3.63, 3.8) is 0 Å². The number of benzene rings is 3. The van der Waals surface area contributed by atoms with Crippen LogP contribution in [0.1, 0.15) is 17.5 Å². The maximum Gasteiger partial charge on any atom is 0.0181 e. The molecule has 0 aliphatic heterocycles. The van der Waals surface area contributed by atoms with Crippen LogP contribution in [0.2, 0.25) is 0 Å². The van der Waals surface area contributed by atoms with E-state index in [1.54, 1.807) is 0 Å². The molecule has 0 spiro atoms. The molecular weight excluding hydrogens is 332 g/mol. The highest BCUT2D eigenvalue weighted by Crippen LogP contribution is 2.30. The summed E-state index contributed by atoms with van der Waals surface area (Å²) in [5.41, 5.74) is 8.21. The largest absolute Gasteiger partial charge is 0.0605 e. The number of hydrogen-bond donors (Lipinski definition) is 0. The van der Waals surface area contributed by atoms with Crippen LogP contribution in [0, 0.1) is 0 Å². The Balaban J connectivity index is 1.67. The Hall–Kier alpha value is -1.86. The molecule has 0 heterocycles. The second kappa shape index (κ2) is 5.73. The molecule has 3 aromatic rings. The van der Waals surface area contributed by atoms with E-state index >= 15 is 0 Å². The molecule has 4 rings (SSSR count). The van der Waals surface area contributed by atoms with Crippen molar-refractivity contribution < 1.29 is 0 Å². The molecule has 0 saturated carbocycles. The molecule has 0 N–H and O–H groups in total. The van der Waals surface area contributed by atoms with Crippen LogP contribution < -0.4 is 0 Å². The number of fused-ring (bicyclic) bond motifs is 1. The summed E-state index contributed by atoms with van der Waals surface area (Å²) in [5, 5.41) is 0. The van der Waals surface area contributed by atoms with E-state index in [0.29, 0.717) is 0 Å². The summed E-state index contributed by atoms with van der Waals surface area (Å²) in [4.78, 5) is 0. The molecule has 3 aromatic carbocycles. The normalized spacial score (nSPS) is 13.1. The van der Waals surface area contributed by atoms with Gasteiger partial charge in [-0.25, -0.2) is 0 Å². The van der Waals surface area contributed by atoms with Gasteiger partial charge in [0.05, 0.1) is 0 Å². The van der Waals surface area contributed by atoms with E-state index in [1.165, 1.54) is 52.6 Å². The van der Waals surface area contributed by atoms with Crippen molar-refractivity contribution in [2.24, 2.45) is 0 Å². The van der Waals surface area contributed by atoms with Crippen LogP contribution in [-0.2, 0) is 12.8 Å². The highest BCUT2D eigenvalue weighted by Gasteiger charge is 2.11. The lowest BCUT2D eigenvalue weighted by molar-refractivity contribution is 0.912. The molecule has 1 aliphatic rings. The Morgan fingerprint density at radius 3 is 1.95 bits per heavy atom. The first-order chi connectivity index (χ1) is 10.8. The van der Waals surface area contributed by atoms with E-state index < -0.39 is 0 Å². The fourth-order valence-corrected chi connectivity index (χ4v) is 3.67. The van der Waals surface area contributed by atoms with Gasteiger partial charge in [-0.15, -0.1) is 0 Å². The van der Waals surface area contributed by atoms with Gasteiger partial charge in [-0.3, -0.25) is 0 Å². The van der Waals surface area contributed by atoms with Crippen LogP contribution in [0.15, 0.2) is 71.2 Å². The van der Waals surface area contributed by atoms with Gasteiger partial charge in [0, 0.05) is 4.47 Å². The molecule has 0 fully saturated rings. The van der Waals surface area contributed by atoms with Crippen molar-refractivity contribution in [1.82, 2.24) is 0 Å². The first-order valence-electron chi connectivity index (χ1n) is 7.78. The van der Waals surface area contributed by atoms with E-state index in [9.17, 15) is 0 Å². The van der Waals surface area contributed by atoms with E-state index in [4.69, 9.17) is 0 Å². The summed E-state index contributed by atoms with van der Waals surface area (Å²) >= 11 is 3.54. The quantitative estimate of drug-likeness (QED) is 0.511. The number of rotatable bonds is 2. The van der Waals surface area contributed by atoms with Gasteiger partial charge in [-0.2, -0.15) is 0 Å². The third kappa shape index (κ3) is 2.62. The fourth-order valence-electron chi connectivity index (χ4n) is 3.27. The average Bonchev–Trinajstić information content (AvgIpc) is 3.02. The summed E-state index contributed by atoms with van der Waals surface area (Å²) in [6, 6.07) is 24.3. The highest BCUT2D eigenvalue weighted by atomic mass is 79.9. The molecular formula is C21H17Br. The first-order valence-corrected chi connectivity index (χ1v) is 8.57. The molecule has 1 aliphatic carbocycles. The number of halogens is 1.